The van der Waals surface area contributed by atoms with E-state index in [1.165, 1.54) is 11.8 Å². The lowest BCUT2D eigenvalue weighted by Gasteiger charge is -2.20. The van der Waals surface area contributed by atoms with Gasteiger partial charge in [0.15, 0.2) is 0 Å². The number of rotatable bonds is 4. The van der Waals surface area contributed by atoms with Gasteiger partial charge in [0.1, 0.15) is 0 Å². The van der Waals surface area contributed by atoms with Gasteiger partial charge in [0.2, 0.25) is 11.1 Å². The number of carbonyl (C=O) groups is 1. The van der Waals surface area contributed by atoms with Crippen molar-refractivity contribution in [3.05, 3.63) is 47.3 Å². The van der Waals surface area contributed by atoms with E-state index in [9.17, 15) is 4.79 Å². The van der Waals surface area contributed by atoms with Gasteiger partial charge in [-0.05, 0) is 45.4 Å². The summed E-state index contributed by atoms with van der Waals surface area (Å²) in [5.74, 6) is 0.575. The number of carbonyl (C=O) groups excluding carboxylic acids is 1. The largest absolute Gasteiger partial charge is 0.315 e. The van der Waals surface area contributed by atoms with E-state index in [2.05, 4.69) is 15.1 Å². The number of hydrogen-bond acceptors (Lipinski definition) is 5. The Labute approximate surface area is 151 Å². The molecular weight excluding hydrogens is 334 g/mol. The predicted octanol–water partition coefficient (Wildman–Crippen LogP) is 3.19. The third-order valence-electron chi connectivity index (χ3n) is 4.35. The highest BCUT2D eigenvalue weighted by atomic mass is 32.2. The maximum Gasteiger partial charge on any atom is 0.253 e. The topological polar surface area (TPSA) is 63.4 Å². The lowest BCUT2D eigenvalue weighted by atomic mass is 10.2. The predicted molar refractivity (Wildman–Crippen MR) is 100 cm³/mol. The van der Waals surface area contributed by atoms with E-state index in [1.54, 1.807) is 16.5 Å². The first-order chi connectivity index (χ1) is 11.9. The maximum atomic E-state index is 12.7. The summed E-state index contributed by atoms with van der Waals surface area (Å²) in [4.78, 5) is 23.3. The molecule has 0 radical (unpaired) electrons. The molecule has 0 N–H and O–H groups in total. The Bertz CT molecular complexity index is 922. The van der Waals surface area contributed by atoms with E-state index >= 15 is 0 Å². The number of para-hydroxylation sites is 1. The van der Waals surface area contributed by atoms with Crippen LogP contribution in [0.1, 0.15) is 23.9 Å². The fraction of sp³-hybridized carbons (Fsp3) is 0.333. The molecule has 0 saturated heterocycles. The Kier molecular flexibility index (Phi) is 4.76. The van der Waals surface area contributed by atoms with E-state index in [-0.39, 0.29) is 11.2 Å². The SMILES string of the molecule is Cc1nc2nc(S[C@@H](C)C(=O)N(C)c3ccccc3)nn2c(C)c1C. The van der Waals surface area contributed by atoms with E-state index in [4.69, 9.17) is 0 Å². The van der Waals surface area contributed by atoms with Crippen LogP contribution in [0.5, 0.6) is 0 Å². The van der Waals surface area contributed by atoms with Crippen molar-refractivity contribution in [2.75, 3.05) is 11.9 Å². The summed E-state index contributed by atoms with van der Waals surface area (Å²) in [7, 11) is 1.78. The molecular formula is C18H21N5OS. The fourth-order valence-electron chi connectivity index (χ4n) is 2.55. The van der Waals surface area contributed by atoms with Crippen LogP contribution < -0.4 is 4.90 Å². The molecule has 0 spiro atoms. The van der Waals surface area contributed by atoms with Crippen molar-refractivity contribution in [2.45, 2.75) is 38.1 Å². The molecule has 2 heterocycles. The molecule has 0 aliphatic rings. The molecule has 1 aromatic carbocycles. The molecule has 3 rings (SSSR count). The summed E-state index contributed by atoms with van der Waals surface area (Å²) in [6.07, 6.45) is 0. The number of anilines is 1. The molecule has 130 valence electrons. The Balaban J connectivity index is 1.81. The van der Waals surface area contributed by atoms with Crippen LogP contribution in [0.2, 0.25) is 0 Å². The summed E-state index contributed by atoms with van der Waals surface area (Å²) in [5.41, 5.74) is 3.93. The van der Waals surface area contributed by atoms with Crippen molar-refractivity contribution in [3.8, 4) is 0 Å². The second-order valence-corrected chi connectivity index (χ2v) is 7.31. The van der Waals surface area contributed by atoms with Crippen molar-refractivity contribution in [1.82, 2.24) is 19.6 Å². The lowest BCUT2D eigenvalue weighted by molar-refractivity contribution is -0.117. The minimum Gasteiger partial charge on any atom is -0.315 e. The molecule has 0 fully saturated rings. The average molecular weight is 355 g/mol. The number of hydrogen-bond donors (Lipinski definition) is 0. The zero-order chi connectivity index (χ0) is 18.1. The first-order valence-electron chi connectivity index (χ1n) is 8.08. The van der Waals surface area contributed by atoms with Gasteiger partial charge in [0.25, 0.3) is 5.78 Å². The average Bonchev–Trinajstić information content (AvgIpc) is 3.01. The van der Waals surface area contributed by atoms with Gasteiger partial charge in [0.05, 0.1) is 5.25 Å². The summed E-state index contributed by atoms with van der Waals surface area (Å²) in [6, 6.07) is 9.59. The maximum absolute atomic E-state index is 12.7. The highest BCUT2D eigenvalue weighted by Crippen LogP contribution is 2.24. The standard InChI is InChI=1S/C18H21N5OS/c1-11-12(2)19-17-20-18(21-23(17)13(11)3)25-14(4)16(24)22(5)15-9-7-6-8-10-15/h6-10,14H,1-5H3/t14-/m0/s1. The van der Waals surface area contributed by atoms with Gasteiger partial charge in [-0.1, -0.05) is 30.0 Å². The number of thioether (sulfide) groups is 1. The van der Waals surface area contributed by atoms with E-state index in [0.717, 1.165) is 22.6 Å². The number of benzene rings is 1. The monoisotopic (exact) mass is 355 g/mol. The molecule has 7 heteroatoms. The van der Waals surface area contributed by atoms with Gasteiger partial charge in [-0.15, -0.1) is 5.10 Å². The number of fused-ring (bicyclic) bond motifs is 1. The molecule has 1 atom stereocenters. The highest BCUT2D eigenvalue weighted by Gasteiger charge is 2.22. The second kappa shape index (κ2) is 6.84. The van der Waals surface area contributed by atoms with Gasteiger partial charge in [-0.2, -0.15) is 4.98 Å². The first-order valence-corrected chi connectivity index (χ1v) is 8.96. The van der Waals surface area contributed by atoms with Crippen LogP contribution in [0.4, 0.5) is 5.69 Å². The molecule has 0 aliphatic carbocycles. The number of amides is 1. The fourth-order valence-corrected chi connectivity index (χ4v) is 3.39. The molecule has 0 saturated carbocycles. The van der Waals surface area contributed by atoms with Crippen LogP contribution >= 0.6 is 11.8 Å². The van der Waals surface area contributed by atoms with Crippen LogP contribution in [0.3, 0.4) is 0 Å². The quantitative estimate of drug-likeness (QED) is 0.673. The molecule has 6 nitrogen and oxygen atoms in total. The van der Waals surface area contributed by atoms with Gasteiger partial charge >= 0.3 is 0 Å². The summed E-state index contributed by atoms with van der Waals surface area (Å²) < 4.78 is 1.74. The van der Waals surface area contributed by atoms with Crippen molar-refractivity contribution in [1.29, 1.82) is 0 Å². The molecule has 3 aromatic rings. The van der Waals surface area contributed by atoms with Crippen molar-refractivity contribution in [2.24, 2.45) is 0 Å². The van der Waals surface area contributed by atoms with Crippen molar-refractivity contribution >= 4 is 29.1 Å². The van der Waals surface area contributed by atoms with Gasteiger partial charge in [-0.25, -0.2) is 9.50 Å². The van der Waals surface area contributed by atoms with E-state index in [0.29, 0.717) is 10.9 Å². The number of aromatic nitrogens is 4. The van der Waals surface area contributed by atoms with Crippen molar-refractivity contribution in [3.63, 3.8) is 0 Å². The number of aryl methyl sites for hydroxylation is 2. The van der Waals surface area contributed by atoms with Gasteiger partial charge < -0.3 is 4.90 Å². The van der Waals surface area contributed by atoms with Gasteiger partial charge in [-0.3, -0.25) is 4.79 Å². The Morgan fingerprint density at radius 2 is 1.84 bits per heavy atom. The molecule has 0 aliphatic heterocycles. The highest BCUT2D eigenvalue weighted by molar-refractivity contribution is 8.00. The van der Waals surface area contributed by atoms with Crippen molar-refractivity contribution < 1.29 is 4.79 Å². The van der Waals surface area contributed by atoms with Crippen LogP contribution in [0, 0.1) is 20.8 Å². The molecule has 25 heavy (non-hydrogen) atoms. The Morgan fingerprint density at radius 3 is 2.52 bits per heavy atom. The number of nitrogens with zero attached hydrogens (tertiary/aromatic N) is 5. The Morgan fingerprint density at radius 1 is 1.16 bits per heavy atom. The summed E-state index contributed by atoms with van der Waals surface area (Å²) >= 11 is 1.35. The zero-order valence-corrected chi connectivity index (χ0v) is 15.8. The molecule has 2 aromatic heterocycles. The van der Waals surface area contributed by atoms with Crippen LogP contribution in [-0.4, -0.2) is 37.8 Å². The zero-order valence-electron chi connectivity index (χ0n) is 15.0. The third kappa shape index (κ3) is 3.37. The van der Waals surface area contributed by atoms with E-state index < -0.39 is 0 Å². The minimum atomic E-state index is -0.301. The first kappa shape index (κ1) is 17.4. The third-order valence-corrected chi connectivity index (χ3v) is 5.28. The second-order valence-electron chi connectivity index (χ2n) is 6.01. The smallest absolute Gasteiger partial charge is 0.253 e. The van der Waals surface area contributed by atoms with E-state index in [1.807, 2.05) is 58.0 Å². The Hall–Kier alpha value is -2.41. The molecule has 1 amide bonds. The summed E-state index contributed by atoms with van der Waals surface area (Å²) in [5, 5.41) is 4.76. The lowest BCUT2D eigenvalue weighted by Crippen LogP contribution is -2.33. The molecule has 0 unspecified atom stereocenters. The van der Waals surface area contributed by atoms with Crippen LogP contribution in [0.15, 0.2) is 35.5 Å². The summed E-state index contributed by atoms with van der Waals surface area (Å²) in [6.45, 7) is 7.85. The minimum absolute atomic E-state index is 0.00657. The molecule has 0 bridgehead atoms. The van der Waals surface area contributed by atoms with Gasteiger partial charge in [0, 0.05) is 24.1 Å². The normalized spacial score (nSPS) is 12.4. The van der Waals surface area contributed by atoms with Crippen LogP contribution in [0.25, 0.3) is 5.78 Å². The van der Waals surface area contributed by atoms with Crippen LogP contribution in [-0.2, 0) is 4.79 Å².